The molecule has 1 aliphatic heterocycles. The van der Waals surface area contributed by atoms with Crippen molar-refractivity contribution < 1.29 is 18.0 Å². The highest BCUT2D eigenvalue weighted by atomic mass is 32.2. The van der Waals surface area contributed by atoms with Gasteiger partial charge in [-0.1, -0.05) is 30.3 Å². The van der Waals surface area contributed by atoms with Gasteiger partial charge < -0.3 is 16.0 Å². The Morgan fingerprint density at radius 1 is 1.11 bits per heavy atom. The van der Waals surface area contributed by atoms with Crippen LogP contribution in [0.25, 0.3) is 0 Å². The zero-order valence-corrected chi connectivity index (χ0v) is 16.9. The molecule has 0 bridgehead atoms. The molecule has 0 spiro atoms. The summed E-state index contributed by atoms with van der Waals surface area (Å²) in [6.07, 6.45) is 3.22. The van der Waals surface area contributed by atoms with Crippen LogP contribution >= 0.6 is 0 Å². The molecule has 3 N–H and O–H groups in total. The summed E-state index contributed by atoms with van der Waals surface area (Å²) in [6.45, 7) is 0.319. The van der Waals surface area contributed by atoms with Crippen LogP contribution < -0.4 is 11.1 Å². The van der Waals surface area contributed by atoms with Crippen LogP contribution in [0.1, 0.15) is 31.2 Å². The van der Waals surface area contributed by atoms with Crippen LogP contribution in [0.3, 0.4) is 0 Å². The zero-order valence-electron chi connectivity index (χ0n) is 16.1. The van der Waals surface area contributed by atoms with E-state index in [-0.39, 0.29) is 37.5 Å². The fourth-order valence-corrected chi connectivity index (χ4v) is 4.88. The molecule has 1 aliphatic carbocycles. The number of hydrogen-bond acceptors (Lipinski definition) is 5. The second kappa shape index (κ2) is 8.59. The van der Waals surface area contributed by atoms with Crippen molar-refractivity contribution in [3.05, 3.63) is 35.9 Å². The first-order valence-electron chi connectivity index (χ1n) is 9.62. The van der Waals surface area contributed by atoms with Gasteiger partial charge in [-0.25, -0.2) is 8.42 Å². The Balaban J connectivity index is 1.75. The number of carbonyl (C=O) groups is 2. The molecule has 1 aromatic rings. The van der Waals surface area contributed by atoms with Crippen molar-refractivity contribution in [2.75, 3.05) is 19.3 Å². The quantitative estimate of drug-likeness (QED) is 0.715. The fraction of sp³-hybridized carbons (Fsp3) is 0.579. The third-order valence-electron chi connectivity index (χ3n) is 5.43. The number of rotatable bonds is 5. The number of hydrogen-bond donors (Lipinski definition) is 2. The van der Waals surface area contributed by atoms with E-state index in [0.717, 1.165) is 41.8 Å². The van der Waals surface area contributed by atoms with E-state index in [1.54, 1.807) is 0 Å². The highest BCUT2D eigenvalue weighted by molar-refractivity contribution is 7.88. The van der Waals surface area contributed by atoms with Crippen LogP contribution in [0.2, 0.25) is 0 Å². The lowest BCUT2D eigenvalue weighted by Gasteiger charge is -2.32. The van der Waals surface area contributed by atoms with Gasteiger partial charge in [-0.15, -0.1) is 0 Å². The maximum absolute atomic E-state index is 13.0. The first-order valence-corrected chi connectivity index (χ1v) is 11.5. The minimum absolute atomic E-state index is 0.0413. The lowest BCUT2D eigenvalue weighted by molar-refractivity contribution is -0.140. The van der Waals surface area contributed by atoms with Crippen molar-refractivity contribution in [2.45, 2.75) is 50.4 Å². The topological polar surface area (TPSA) is 113 Å². The third kappa shape index (κ3) is 4.89. The number of sulfonamides is 1. The molecular formula is C19H28N4O4S. The van der Waals surface area contributed by atoms with Crippen molar-refractivity contribution in [1.82, 2.24) is 14.5 Å². The van der Waals surface area contributed by atoms with Gasteiger partial charge in [-0.3, -0.25) is 9.59 Å². The average Bonchev–Trinajstić information content (AvgIpc) is 3.10. The van der Waals surface area contributed by atoms with E-state index in [1.165, 1.54) is 4.90 Å². The lowest BCUT2D eigenvalue weighted by atomic mass is 9.92. The molecule has 8 nitrogen and oxygen atoms in total. The number of nitrogens with one attached hydrogen (secondary N) is 1. The Bertz CT molecular complexity index is 806. The minimum atomic E-state index is -3.63. The number of nitrogens with zero attached hydrogens (tertiary/aromatic N) is 2. The zero-order chi connectivity index (χ0) is 20.3. The van der Waals surface area contributed by atoms with Gasteiger partial charge in [-0.2, -0.15) is 4.31 Å². The highest BCUT2D eigenvalue weighted by Crippen LogP contribution is 2.22. The Morgan fingerprint density at radius 3 is 2.36 bits per heavy atom. The summed E-state index contributed by atoms with van der Waals surface area (Å²) in [6, 6.07) is 9.32. The summed E-state index contributed by atoms with van der Waals surface area (Å²) in [7, 11) is -3.63. The van der Waals surface area contributed by atoms with Gasteiger partial charge in [-0.05, 0) is 31.2 Å². The van der Waals surface area contributed by atoms with Crippen molar-refractivity contribution in [3.63, 3.8) is 0 Å². The fourth-order valence-electron chi connectivity index (χ4n) is 3.90. The first-order chi connectivity index (χ1) is 13.3. The Morgan fingerprint density at radius 2 is 1.75 bits per heavy atom. The first kappa shape index (κ1) is 20.8. The summed E-state index contributed by atoms with van der Waals surface area (Å²) in [5, 5.41) is 2.94. The van der Waals surface area contributed by atoms with Crippen molar-refractivity contribution >= 4 is 21.8 Å². The van der Waals surface area contributed by atoms with E-state index < -0.39 is 22.1 Å². The molecule has 2 amide bonds. The molecule has 2 aliphatic rings. The molecule has 1 atom stereocenters. The van der Waals surface area contributed by atoms with E-state index in [4.69, 9.17) is 5.73 Å². The normalized spacial score (nSPS) is 26.2. The standard InChI is InChI=1S/C19H28N4O4S/c1-28(26,27)23-12-11-22(17(24)13-14-5-3-2-4-6-14)19(23)18(25)21-16-9-7-15(20)8-10-16/h2-6,15-16,19H,7-13,20H2,1H3,(H,21,25). The molecule has 1 unspecified atom stereocenters. The molecule has 154 valence electrons. The van der Waals surface area contributed by atoms with Crippen molar-refractivity contribution in [3.8, 4) is 0 Å². The molecule has 0 aromatic heterocycles. The van der Waals surface area contributed by atoms with Gasteiger partial charge in [0.1, 0.15) is 0 Å². The Labute approximate surface area is 166 Å². The van der Waals surface area contributed by atoms with Crippen LogP contribution in [0.5, 0.6) is 0 Å². The van der Waals surface area contributed by atoms with E-state index >= 15 is 0 Å². The second-order valence-electron chi connectivity index (χ2n) is 7.62. The average molecular weight is 409 g/mol. The third-order valence-corrected chi connectivity index (χ3v) is 6.66. The molecule has 1 saturated heterocycles. The van der Waals surface area contributed by atoms with Gasteiger partial charge in [0.05, 0.1) is 12.7 Å². The van der Waals surface area contributed by atoms with Crippen molar-refractivity contribution in [1.29, 1.82) is 0 Å². The highest BCUT2D eigenvalue weighted by Gasteiger charge is 2.44. The Kier molecular flexibility index (Phi) is 6.36. The number of benzene rings is 1. The molecule has 2 fully saturated rings. The predicted molar refractivity (Wildman–Crippen MR) is 106 cm³/mol. The monoisotopic (exact) mass is 408 g/mol. The predicted octanol–water partition coefficient (Wildman–Crippen LogP) is 0.0451. The molecule has 9 heteroatoms. The maximum Gasteiger partial charge on any atom is 0.259 e. The lowest BCUT2D eigenvalue weighted by Crippen LogP contribution is -2.56. The van der Waals surface area contributed by atoms with Gasteiger partial charge in [0.25, 0.3) is 5.91 Å². The summed E-state index contributed by atoms with van der Waals surface area (Å²) in [4.78, 5) is 27.2. The number of amides is 2. The number of nitrogens with two attached hydrogens (primary N) is 1. The van der Waals surface area contributed by atoms with E-state index in [1.807, 2.05) is 30.3 Å². The summed E-state index contributed by atoms with van der Waals surface area (Å²) >= 11 is 0. The van der Waals surface area contributed by atoms with E-state index in [2.05, 4.69) is 5.32 Å². The van der Waals surface area contributed by atoms with E-state index in [9.17, 15) is 18.0 Å². The van der Waals surface area contributed by atoms with Crippen LogP contribution in [0.4, 0.5) is 0 Å². The molecular weight excluding hydrogens is 380 g/mol. The molecule has 1 aromatic carbocycles. The molecule has 3 rings (SSSR count). The largest absolute Gasteiger partial charge is 0.350 e. The van der Waals surface area contributed by atoms with E-state index in [0.29, 0.717) is 0 Å². The second-order valence-corrected chi connectivity index (χ2v) is 9.55. The van der Waals surface area contributed by atoms with Crippen LogP contribution in [0, 0.1) is 0 Å². The molecule has 0 radical (unpaired) electrons. The van der Waals surface area contributed by atoms with Crippen LogP contribution in [-0.4, -0.2) is 67.0 Å². The molecule has 1 heterocycles. The minimum Gasteiger partial charge on any atom is -0.350 e. The SMILES string of the molecule is CS(=O)(=O)N1CCN(C(=O)Cc2ccccc2)C1C(=O)NC1CCC(N)CC1. The summed E-state index contributed by atoms with van der Waals surface area (Å²) < 4.78 is 25.5. The van der Waals surface area contributed by atoms with Crippen LogP contribution in [0.15, 0.2) is 30.3 Å². The smallest absolute Gasteiger partial charge is 0.259 e. The van der Waals surface area contributed by atoms with Gasteiger partial charge in [0.15, 0.2) is 6.17 Å². The molecule has 1 saturated carbocycles. The maximum atomic E-state index is 13.0. The Hall–Kier alpha value is -1.97. The van der Waals surface area contributed by atoms with Crippen LogP contribution in [-0.2, 0) is 26.0 Å². The summed E-state index contributed by atoms with van der Waals surface area (Å²) in [5.74, 6) is -0.701. The number of carbonyl (C=O) groups excluding carboxylic acids is 2. The van der Waals surface area contributed by atoms with Gasteiger partial charge in [0, 0.05) is 25.2 Å². The van der Waals surface area contributed by atoms with Gasteiger partial charge in [0.2, 0.25) is 15.9 Å². The van der Waals surface area contributed by atoms with Gasteiger partial charge >= 0.3 is 0 Å². The van der Waals surface area contributed by atoms with Crippen molar-refractivity contribution in [2.24, 2.45) is 5.73 Å². The summed E-state index contributed by atoms with van der Waals surface area (Å²) in [5.41, 5.74) is 6.74. The molecule has 28 heavy (non-hydrogen) atoms.